The molecule has 0 atom stereocenters. The predicted molar refractivity (Wildman–Crippen MR) is 85.4 cm³/mol. The summed E-state index contributed by atoms with van der Waals surface area (Å²) in [5.74, 6) is -0.271. The van der Waals surface area contributed by atoms with Crippen LogP contribution in [0.4, 0.5) is 24.5 Å². The number of rotatable bonds is 3. The fraction of sp³-hybridized carbons (Fsp3) is 0.0588. The van der Waals surface area contributed by atoms with Gasteiger partial charge < -0.3 is 10.1 Å². The van der Waals surface area contributed by atoms with Crippen LogP contribution in [0.15, 0.2) is 60.7 Å². The van der Waals surface area contributed by atoms with Crippen molar-refractivity contribution in [3.63, 3.8) is 0 Å². The largest absolute Gasteiger partial charge is 0.573 e. The van der Waals surface area contributed by atoms with Crippen LogP contribution in [0, 0.1) is 0 Å². The fourth-order valence-corrected chi connectivity index (χ4v) is 2.51. The van der Waals surface area contributed by atoms with Crippen molar-refractivity contribution in [3.05, 3.63) is 65.7 Å². The van der Waals surface area contributed by atoms with Crippen molar-refractivity contribution in [1.29, 1.82) is 0 Å². The summed E-state index contributed by atoms with van der Waals surface area (Å²) in [4.78, 5) is 0. The summed E-state index contributed by atoms with van der Waals surface area (Å²) in [5.41, 5.74) is 1.28. The molecule has 3 rings (SSSR count). The molecule has 2 nitrogen and oxygen atoms in total. The Hall–Kier alpha value is -2.40. The van der Waals surface area contributed by atoms with E-state index in [4.69, 9.17) is 11.6 Å². The lowest BCUT2D eigenvalue weighted by Gasteiger charge is -2.12. The Balaban J connectivity index is 1.83. The third kappa shape index (κ3) is 3.68. The maximum absolute atomic E-state index is 12.1. The number of nitrogens with one attached hydrogen (secondary N) is 1. The topological polar surface area (TPSA) is 21.3 Å². The molecule has 0 radical (unpaired) electrons. The lowest BCUT2D eigenvalue weighted by molar-refractivity contribution is -0.274. The predicted octanol–water partition coefficient (Wildman–Crippen LogP) is 6.14. The number of ether oxygens (including phenoxy) is 1. The number of alkyl halides is 3. The molecule has 0 aliphatic heterocycles. The van der Waals surface area contributed by atoms with Gasteiger partial charge in [-0.05, 0) is 35.7 Å². The standard InChI is InChI=1S/C17H11ClF3NO/c18-16-14-4-2-1-3-11(14)5-10-15(16)22-12-6-8-13(9-7-12)23-17(19,20)21/h1-10,22H. The summed E-state index contributed by atoms with van der Waals surface area (Å²) < 4.78 is 40.2. The Morgan fingerprint density at radius 1 is 0.870 bits per heavy atom. The van der Waals surface area contributed by atoms with Gasteiger partial charge in [-0.3, -0.25) is 0 Å². The van der Waals surface area contributed by atoms with Gasteiger partial charge in [0.05, 0.1) is 10.7 Å². The van der Waals surface area contributed by atoms with Crippen LogP contribution < -0.4 is 10.1 Å². The molecule has 0 bridgehead atoms. The van der Waals surface area contributed by atoms with E-state index in [1.165, 1.54) is 24.3 Å². The minimum absolute atomic E-state index is 0.271. The quantitative estimate of drug-likeness (QED) is 0.620. The van der Waals surface area contributed by atoms with Crippen molar-refractivity contribution in [3.8, 4) is 5.75 Å². The van der Waals surface area contributed by atoms with Crippen molar-refractivity contribution in [2.24, 2.45) is 0 Å². The van der Waals surface area contributed by atoms with Gasteiger partial charge in [-0.1, -0.05) is 41.9 Å². The zero-order valence-corrected chi connectivity index (χ0v) is 12.4. The first-order valence-corrected chi connectivity index (χ1v) is 7.10. The Labute approximate surface area is 135 Å². The first-order chi connectivity index (χ1) is 10.9. The molecule has 0 aliphatic rings. The highest BCUT2D eigenvalue weighted by Gasteiger charge is 2.30. The van der Waals surface area contributed by atoms with Crippen LogP contribution in [0.1, 0.15) is 0 Å². The highest BCUT2D eigenvalue weighted by atomic mass is 35.5. The Bertz CT molecular complexity index is 831. The summed E-state index contributed by atoms with van der Waals surface area (Å²) in [6.07, 6.45) is -4.70. The molecule has 0 fully saturated rings. The molecule has 0 saturated heterocycles. The molecular formula is C17H11ClF3NO. The van der Waals surface area contributed by atoms with E-state index in [0.29, 0.717) is 16.4 Å². The van der Waals surface area contributed by atoms with Gasteiger partial charge in [-0.15, -0.1) is 13.2 Å². The lowest BCUT2D eigenvalue weighted by Crippen LogP contribution is -2.16. The number of fused-ring (bicyclic) bond motifs is 1. The molecule has 0 aliphatic carbocycles. The van der Waals surface area contributed by atoms with E-state index in [1.54, 1.807) is 0 Å². The van der Waals surface area contributed by atoms with Crippen LogP contribution in [0.2, 0.25) is 5.02 Å². The third-order valence-electron chi connectivity index (χ3n) is 3.23. The Kier molecular flexibility index (Phi) is 4.05. The van der Waals surface area contributed by atoms with Crippen molar-refractivity contribution < 1.29 is 17.9 Å². The van der Waals surface area contributed by atoms with Crippen LogP contribution >= 0.6 is 11.6 Å². The van der Waals surface area contributed by atoms with E-state index >= 15 is 0 Å². The molecule has 23 heavy (non-hydrogen) atoms. The molecule has 0 heterocycles. The maximum atomic E-state index is 12.1. The molecular weight excluding hydrogens is 327 g/mol. The maximum Gasteiger partial charge on any atom is 0.573 e. The van der Waals surface area contributed by atoms with Gasteiger partial charge in [0.15, 0.2) is 0 Å². The van der Waals surface area contributed by atoms with E-state index in [2.05, 4.69) is 10.1 Å². The normalized spacial score (nSPS) is 11.5. The molecule has 0 aromatic heterocycles. The van der Waals surface area contributed by atoms with E-state index in [9.17, 15) is 13.2 Å². The van der Waals surface area contributed by atoms with Gasteiger partial charge in [-0.2, -0.15) is 0 Å². The highest BCUT2D eigenvalue weighted by molar-refractivity contribution is 6.38. The molecule has 0 spiro atoms. The van der Waals surface area contributed by atoms with Crippen molar-refractivity contribution in [1.82, 2.24) is 0 Å². The van der Waals surface area contributed by atoms with Gasteiger partial charge in [0.2, 0.25) is 0 Å². The Morgan fingerprint density at radius 2 is 1.57 bits per heavy atom. The summed E-state index contributed by atoms with van der Waals surface area (Å²) in [5, 5.41) is 5.55. The molecule has 3 aromatic carbocycles. The summed E-state index contributed by atoms with van der Waals surface area (Å²) in [6.45, 7) is 0. The number of hydrogen-bond acceptors (Lipinski definition) is 2. The van der Waals surface area contributed by atoms with Gasteiger partial charge in [-0.25, -0.2) is 0 Å². The minimum Gasteiger partial charge on any atom is -0.406 e. The fourth-order valence-electron chi connectivity index (χ4n) is 2.23. The smallest absolute Gasteiger partial charge is 0.406 e. The first kappa shape index (κ1) is 15.5. The van der Waals surface area contributed by atoms with Crippen molar-refractivity contribution in [2.75, 3.05) is 5.32 Å². The van der Waals surface area contributed by atoms with Gasteiger partial charge in [0, 0.05) is 11.1 Å². The van der Waals surface area contributed by atoms with Crippen LogP contribution in [0.5, 0.6) is 5.75 Å². The molecule has 0 unspecified atom stereocenters. The summed E-state index contributed by atoms with van der Waals surface area (Å²) in [6, 6.07) is 16.9. The number of hydrogen-bond donors (Lipinski definition) is 1. The molecule has 1 N–H and O–H groups in total. The zero-order chi connectivity index (χ0) is 16.4. The monoisotopic (exact) mass is 337 g/mol. The second-order valence-electron chi connectivity index (χ2n) is 4.85. The van der Waals surface area contributed by atoms with Crippen molar-refractivity contribution >= 4 is 33.7 Å². The van der Waals surface area contributed by atoms with Gasteiger partial charge >= 0.3 is 6.36 Å². The third-order valence-corrected chi connectivity index (χ3v) is 3.64. The highest BCUT2D eigenvalue weighted by Crippen LogP contribution is 2.33. The van der Waals surface area contributed by atoms with Crippen molar-refractivity contribution in [2.45, 2.75) is 6.36 Å². The van der Waals surface area contributed by atoms with Crippen LogP contribution in [0.3, 0.4) is 0 Å². The van der Waals surface area contributed by atoms with E-state index < -0.39 is 6.36 Å². The SMILES string of the molecule is FC(F)(F)Oc1ccc(Nc2ccc3ccccc3c2Cl)cc1. The van der Waals surface area contributed by atoms with Crippen LogP contribution in [0.25, 0.3) is 10.8 Å². The summed E-state index contributed by atoms with van der Waals surface area (Å²) in [7, 11) is 0. The molecule has 0 saturated carbocycles. The zero-order valence-electron chi connectivity index (χ0n) is 11.7. The average Bonchev–Trinajstić information content (AvgIpc) is 2.51. The number of anilines is 2. The van der Waals surface area contributed by atoms with E-state index in [-0.39, 0.29) is 5.75 Å². The van der Waals surface area contributed by atoms with Gasteiger partial charge in [0.25, 0.3) is 0 Å². The number of halogens is 4. The second kappa shape index (κ2) is 6.01. The summed E-state index contributed by atoms with van der Waals surface area (Å²) >= 11 is 6.37. The van der Waals surface area contributed by atoms with Crippen LogP contribution in [-0.4, -0.2) is 6.36 Å². The average molecular weight is 338 g/mol. The lowest BCUT2D eigenvalue weighted by atomic mass is 10.1. The van der Waals surface area contributed by atoms with Gasteiger partial charge in [0.1, 0.15) is 5.75 Å². The Morgan fingerprint density at radius 3 is 2.26 bits per heavy atom. The van der Waals surface area contributed by atoms with E-state index in [0.717, 1.165) is 10.8 Å². The minimum atomic E-state index is -4.70. The molecule has 3 aromatic rings. The molecule has 6 heteroatoms. The first-order valence-electron chi connectivity index (χ1n) is 6.72. The molecule has 0 amide bonds. The number of benzene rings is 3. The van der Waals surface area contributed by atoms with E-state index in [1.807, 2.05) is 36.4 Å². The second-order valence-corrected chi connectivity index (χ2v) is 5.22. The van der Waals surface area contributed by atoms with Crippen LogP contribution in [-0.2, 0) is 0 Å². The molecule has 118 valence electrons.